The van der Waals surface area contributed by atoms with Crippen molar-refractivity contribution < 1.29 is 17.6 Å². The van der Waals surface area contributed by atoms with Crippen LogP contribution in [0.2, 0.25) is 0 Å². The molecule has 0 fully saturated rings. The van der Waals surface area contributed by atoms with E-state index in [0.29, 0.717) is 40.3 Å². The number of hydrogen-bond donors (Lipinski definition) is 0. The first kappa shape index (κ1) is 19.5. The Morgan fingerprint density at radius 2 is 1.86 bits per heavy atom. The van der Waals surface area contributed by atoms with Gasteiger partial charge < -0.3 is 8.98 Å². The van der Waals surface area contributed by atoms with Crippen LogP contribution in [-0.2, 0) is 18.5 Å². The fourth-order valence-corrected chi connectivity index (χ4v) is 3.84. The molecule has 2 heterocycles. The fraction of sp³-hybridized carbons (Fsp3) is 0.250. The summed E-state index contributed by atoms with van der Waals surface area (Å²) in [5.74, 6) is 1.23. The van der Waals surface area contributed by atoms with Gasteiger partial charge in [-0.3, -0.25) is 0 Å². The Labute approximate surface area is 169 Å². The second-order valence-electron chi connectivity index (χ2n) is 6.40. The van der Waals surface area contributed by atoms with Crippen LogP contribution in [0.3, 0.4) is 0 Å². The van der Waals surface area contributed by atoms with Crippen LogP contribution < -0.4 is 0 Å². The van der Waals surface area contributed by atoms with Gasteiger partial charge in [-0.15, -0.1) is 10.2 Å². The van der Waals surface area contributed by atoms with Crippen LogP contribution in [0.1, 0.15) is 24.8 Å². The van der Waals surface area contributed by atoms with E-state index in [0.717, 1.165) is 24.1 Å². The Morgan fingerprint density at radius 1 is 1.07 bits per heavy atom. The van der Waals surface area contributed by atoms with Crippen molar-refractivity contribution in [2.75, 3.05) is 0 Å². The number of fused-ring (bicyclic) bond motifs is 1. The second kappa shape index (κ2) is 7.90. The Morgan fingerprint density at radius 3 is 2.59 bits per heavy atom. The maximum absolute atomic E-state index is 13.1. The van der Waals surface area contributed by atoms with Crippen LogP contribution >= 0.6 is 11.8 Å². The van der Waals surface area contributed by atoms with E-state index in [1.165, 1.54) is 17.8 Å². The van der Waals surface area contributed by atoms with Crippen LogP contribution in [0.15, 0.2) is 58.1 Å². The molecule has 0 spiro atoms. The smallest absolute Gasteiger partial charge is 0.416 e. The number of nitrogens with zero attached hydrogens (tertiary/aromatic N) is 4. The first-order valence-electron chi connectivity index (χ1n) is 9.04. The molecule has 0 radical (unpaired) electrons. The van der Waals surface area contributed by atoms with Crippen LogP contribution in [0.4, 0.5) is 13.2 Å². The largest absolute Gasteiger partial charge is 0.420 e. The fourth-order valence-electron chi connectivity index (χ4n) is 2.96. The van der Waals surface area contributed by atoms with Crippen molar-refractivity contribution in [2.45, 2.75) is 37.0 Å². The summed E-state index contributed by atoms with van der Waals surface area (Å²) >= 11 is 1.36. The summed E-state index contributed by atoms with van der Waals surface area (Å²) in [5.41, 5.74) is 1.15. The predicted octanol–water partition coefficient (Wildman–Crippen LogP) is 5.81. The molecule has 0 N–H and O–H groups in total. The van der Waals surface area contributed by atoms with E-state index < -0.39 is 11.7 Å². The van der Waals surface area contributed by atoms with E-state index in [-0.39, 0.29) is 0 Å². The molecule has 5 nitrogen and oxygen atoms in total. The summed E-state index contributed by atoms with van der Waals surface area (Å²) in [7, 11) is 0. The van der Waals surface area contributed by atoms with E-state index in [4.69, 9.17) is 4.42 Å². The van der Waals surface area contributed by atoms with Crippen LogP contribution in [0.25, 0.3) is 22.5 Å². The number of benzene rings is 2. The molecule has 0 aliphatic rings. The van der Waals surface area contributed by atoms with Gasteiger partial charge in [0.25, 0.3) is 0 Å². The van der Waals surface area contributed by atoms with Gasteiger partial charge in [-0.1, -0.05) is 36.9 Å². The average molecular weight is 418 g/mol. The van der Waals surface area contributed by atoms with Gasteiger partial charge in [0.1, 0.15) is 0 Å². The van der Waals surface area contributed by atoms with Crippen LogP contribution in [0, 0.1) is 0 Å². The molecule has 0 amide bonds. The third-order valence-corrected chi connectivity index (χ3v) is 5.26. The summed E-state index contributed by atoms with van der Waals surface area (Å²) in [6.07, 6.45) is -3.62. The summed E-state index contributed by atoms with van der Waals surface area (Å²) in [6, 6.07) is 13.1. The van der Waals surface area contributed by atoms with Gasteiger partial charge in [0.05, 0.1) is 22.3 Å². The van der Waals surface area contributed by atoms with E-state index in [1.807, 2.05) is 41.8 Å². The molecule has 0 bridgehead atoms. The lowest BCUT2D eigenvalue weighted by Crippen LogP contribution is -2.05. The van der Waals surface area contributed by atoms with Gasteiger partial charge in [0, 0.05) is 12.1 Å². The Kier molecular flexibility index (Phi) is 5.31. The molecule has 0 saturated heterocycles. The van der Waals surface area contributed by atoms with E-state index in [2.05, 4.69) is 15.2 Å². The van der Waals surface area contributed by atoms with Gasteiger partial charge in [0.15, 0.2) is 5.16 Å². The van der Waals surface area contributed by atoms with E-state index in [9.17, 15) is 13.2 Å². The summed E-state index contributed by atoms with van der Waals surface area (Å²) in [5, 5.41) is 8.74. The molecule has 0 aliphatic heterocycles. The number of hydrogen-bond acceptors (Lipinski definition) is 5. The van der Waals surface area contributed by atoms with Gasteiger partial charge in [-0.2, -0.15) is 13.2 Å². The molecule has 0 aliphatic carbocycles. The number of halogens is 3. The molecule has 9 heteroatoms. The zero-order valence-corrected chi connectivity index (χ0v) is 16.3. The monoisotopic (exact) mass is 418 g/mol. The van der Waals surface area contributed by atoms with Crippen molar-refractivity contribution >= 4 is 22.8 Å². The molecule has 2 aromatic heterocycles. The van der Waals surface area contributed by atoms with Crippen molar-refractivity contribution in [1.82, 2.24) is 19.7 Å². The summed E-state index contributed by atoms with van der Waals surface area (Å²) in [4.78, 5) is 4.50. The van der Waals surface area contributed by atoms with Crippen LogP contribution in [0.5, 0.6) is 0 Å². The molecule has 4 aromatic rings. The molecule has 0 saturated carbocycles. The summed E-state index contributed by atoms with van der Waals surface area (Å²) in [6.45, 7) is 2.54. The maximum atomic E-state index is 13.1. The average Bonchev–Trinajstić information content (AvgIpc) is 3.31. The van der Waals surface area contributed by atoms with E-state index in [1.54, 1.807) is 0 Å². The number of thioether (sulfide) groups is 1. The highest BCUT2D eigenvalue weighted by Gasteiger charge is 2.31. The SMILES string of the molecule is CCCn1c(SCc2nnc(-c3ccccc3)o2)nc2ccc(C(F)(F)F)cc21. The third kappa shape index (κ3) is 4.14. The predicted molar refractivity (Wildman–Crippen MR) is 104 cm³/mol. The molecular formula is C20H17F3N4OS. The molecule has 4 rings (SSSR count). The zero-order chi connectivity index (χ0) is 20.4. The minimum atomic E-state index is -4.39. The molecule has 29 heavy (non-hydrogen) atoms. The minimum Gasteiger partial charge on any atom is -0.420 e. The standard InChI is InChI=1S/C20H17F3N4OS/c1-2-10-27-16-11-14(20(21,22)23)8-9-15(16)24-19(27)29-12-17-25-26-18(28-17)13-6-4-3-5-7-13/h3-9,11H,2,10,12H2,1H3. The number of imidazole rings is 1. The van der Waals surface area contributed by atoms with Crippen molar-refractivity contribution in [2.24, 2.45) is 0 Å². The van der Waals surface area contributed by atoms with Crippen molar-refractivity contribution in [3.63, 3.8) is 0 Å². The van der Waals surface area contributed by atoms with Gasteiger partial charge in [-0.25, -0.2) is 4.98 Å². The van der Waals surface area contributed by atoms with Crippen molar-refractivity contribution in [3.8, 4) is 11.5 Å². The van der Waals surface area contributed by atoms with E-state index >= 15 is 0 Å². The lowest BCUT2D eigenvalue weighted by atomic mass is 10.2. The lowest BCUT2D eigenvalue weighted by Gasteiger charge is -2.09. The first-order valence-corrected chi connectivity index (χ1v) is 10.0. The Balaban J connectivity index is 1.59. The normalized spacial score (nSPS) is 12.0. The molecular weight excluding hydrogens is 401 g/mol. The highest BCUT2D eigenvalue weighted by molar-refractivity contribution is 7.98. The topological polar surface area (TPSA) is 56.7 Å². The number of alkyl halides is 3. The maximum Gasteiger partial charge on any atom is 0.416 e. The van der Waals surface area contributed by atoms with Gasteiger partial charge in [-0.05, 0) is 36.8 Å². The highest BCUT2D eigenvalue weighted by Crippen LogP contribution is 2.33. The lowest BCUT2D eigenvalue weighted by molar-refractivity contribution is -0.137. The Hall–Kier alpha value is -2.81. The molecule has 150 valence electrons. The molecule has 0 atom stereocenters. The number of aromatic nitrogens is 4. The zero-order valence-electron chi connectivity index (χ0n) is 15.5. The highest BCUT2D eigenvalue weighted by atomic mass is 32.2. The summed E-state index contributed by atoms with van der Waals surface area (Å²) < 4.78 is 46.8. The van der Waals surface area contributed by atoms with Crippen molar-refractivity contribution in [3.05, 3.63) is 60.0 Å². The third-order valence-electron chi connectivity index (χ3n) is 4.30. The Bertz CT molecular complexity index is 1120. The van der Waals surface area contributed by atoms with Gasteiger partial charge in [0.2, 0.25) is 11.8 Å². The van der Waals surface area contributed by atoms with Crippen LogP contribution in [-0.4, -0.2) is 19.7 Å². The minimum absolute atomic E-state index is 0.374. The molecule has 2 aromatic carbocycles. The molecule has 0 unspecified atom stereocenters. The van der Waals surface area contributed by atoms with Crippen molar-refractivity contribution in [1.29, 1.82) is 0 Å². The second-order valence-corrected chi connectivity index (χ2v) is 7.35. The number of aryl methyl sites for hydroxylation is 1. The quantitative estimate of drug-likeness (QED) is 0.370. The van der Waals surface area contributed by atoms with Gasteiger partial charge >= 0.3 is 6.18 Å². The number of rotatable bonds is 6. The first-order chi connectivity index (χ1) is 14.0.